The van der Waals surface area contributed by atoms with Crippen molar-refractivity contribution in [1.82, 2.24) is 9.97 Å². The molecule has 0 fully saturated rings. The summed E-state index contributed by atoms with van der Waals surface area (Å²) in [4.78, 5) is 18.9. The first-order valence-electron chi connectivity index (χ1n) is 4.92. The normalized spacial score (nSPS) is 10.0. The topological polar surface area (TPSA) is 80.9 Å². The van der Waals surface area contributed by atoms with E-state index in [4.69, 9.17) is 5.73 Å². The Balaban J connectivity index is 2.40. The minimum Gasteiger partial charge on any atom is -0.370 e. The lowest BCUT2D eigenvalue weighted by molar-refractivity contribution is -0.118. The number of nitrogens with two attached hydrogens (primary N) is 1. The molecule has 1 heterocycles. The van der Waals surface area contributed by atoms with E-state index in [1.54, 1.807) is 0 Å². The van der Waals surface area contributed by atoms with Crippen molar-refractivity contribution in [3.05, 3.63) is 17.6 Å². The number of nitrogens with zero attached hydrogens (tertiary/aromatic N) is 2. The van der Waals surface area contributed by atoms with Gasteiger partial charge >= 0.3 is 0 Å². The number of aromatic nitrogens is 2. The van der Waals surface area contributed by atoms with Crippen molar-refractivity contribution in [2.24, 2.45) is 5.73 Å². The number of rotatable bonds is 5. The standard InChI is InChI=1S/C10H16N4O/c1-7-6-10(14-8(2)13-7)12-5-3-4-9(11)15/h6H,3-5H2,1-2H3,(H2,11,15)(H,12,13,14). The summed E-state index contributed by atoms with van der Waals surface area (Å²) in [6.45, 7) is 4.46. The SMILES string of the molecule is Cc1cc(NCCCC(N)=O)nc(C)n1. The summed E-state index contributed by atoms with van der Waals surface area (Å²) in [5, 5.41) is 3.12. The molecule has 82 valence electrons. The molecule has 0 atom stereocenters. The van der Waals surface area contributed by atoms with Gasteiger partial charge in [0.15, 0.2) is 0 Å². The minimum atomic E-state index is -0.271. The second-order valence-electron chi connectivity index (χ2n) is 3.44. The zero-order valence-electron chi connectivity index (χ0n) is 9.08. The average molecular weight is 208 g/mol. The molecule has 1 amide bonds. The summed E-state index contributed by atoms with van der Waals surface area (Å²) >= 11 is 0. The Morgan fingerprint density at radius 2 is 2.20 bits per heavy atom. The molecule has 0 radical (unpaired) electrons. The number of carbonyl (C=O) groups is 1. The number of hydrogen-bond donors (Lipinski definition) is 2. The maximum atomic E-state index is 10.5. The molecule has 1 aromatic rings. The van der Waals surface area contributed by atoms with Crippen LogP contribution in [0.15, 0.2) is 6.07 Å². The Bertz CT molecular complexity index is 331. The van der Waals surface area contributed by atoms with Gasteiger partial charge in [0, 0.05) is 24.7 Å². The Hall–Kier alpha value is -1.65. The van der Waals surface area contributed by atoms with Crippen molar-refractivity contribution < 1.29 is 4.79 Å². The molecule has 0 aliphatic carbocycles. The number of anilines is 1. The number of primary amides is 1. The number of nitrogens with one attached hydrogen (secondary N) is 1. The van der Waals surface area contributed by atoms with Crippen molar-refractivity contribution in [1.29, 1.82) is 0 Å². The molecule has 0 saturated heterocycles. The van der Waals surface area contributed by atoms with Crippen molar-refractivity contribution in [3.8, 4) is 0 Å². The summed E-state index contributed by atoms with van der Waals surface area (Å²) in [7, 11) is 0. The van der Waals surface area contributed by atoms with E-state index in [2.05, 4.69) is 15.3 Å². The van der Waals surface area contributed by atoms with Gasteiger partial charge in [-0.25, -0.2) is 9.97 Å². The van der Waals surface area contributed by atoms with Crippen molar-refractivity contribution in [2.75, 3.05) is 11.9 Å². The molecule has 3 N–H and O–H groups in total. The average Bonchev–Trinajstić information content (AvgIpc) is 2.10. The van der Waals surface area contributed by atoms with Gasteiger partial charge in [-0.05, 0) is 20.3 Å². The van der Waals surface area contributed by atoms with E-state index in [1.165, 1.54) is 0 Å². The van der Waals surface area contributed by atoms with E-state index in [0.717, 1.165) is 23.8 Å². The van der Waals surface area contributed by atoms with Crippen LogP contribution in [0, 0.1) is 13.8 Å². The van der Waals surface area contributed by atoms with E-state index < -0.39 is 0 Å². The van der Waals surface area contributed by atoms with Crippen LogP contribution in [0.25, 0.3) is 0 Å². The largest absolute Gasteiger partial charge is 0.370 e. The Morgan fingerprint density at radius 1 is 1.47 bits per heavy atom. The zero-order valence-corrected chi connectivity index (χ0v) is 9.08. The van der Waals surface area contributed by atoms with E-state index in [-0.39, 0.29) is 5.91 Å². The van der Waals surface area contributed by atoms with Gasteiger partial charge < -0.3 is 11.1 Å². The van der Waals surface area contributed by atoms with Crippen LogP contribution in [0.1, 0.15) is 24.4 Å². The van der Waals surface area contributed by atoms with Crippen LogP contribution < -0.4 is 11.1 Å². The van der Waals surface area contributed by atoms with Crippen LogP contribution in [0.5, 0.6) is 0 Å². The lowest BCUT2D eigenvalue weighted by Crippen LogP contribution is -2.13. The smallest absolute Gasteiger partial charge is 0.217 e. The van der Waals surface area contributed by atoms with Gasteiger partial charge in [0.2, 0.25) is 5.91 Å². The van der Waals surface area contributed by atoms with Crippen LogP contribution in [0.2, 0.25) is 0 Å². The summed E-state index contributed by atoms with van der Waals surface area (Å²) in [6.07, 6.45) is 1.12. The highest BCUT2D eigenvalue weighted by atomic mass is 16.1. The van der Waals surface area contributed by atoms with E-state index in [9.17, 15) is 4.79 Å². The third-order valence-electron chi connectivity index (χ3n) is 1.87. The van der Waals surface area contributed by atoms with Gasteiger partial charge in [0.1, 0.15) is 11.6 Å². The number of hydrogen-bond acceptors (Lipinski definition) is 4. The fraction of sp³-hybridized carbons (Fsp3) is 0.500. The molecule has 0 aliphatic rings. The fourth-order valence-corrected chi connectivity index (χ4v) is 1.29. The van der Waals surface area contributed by atoms with Gasteiger partial charge in [0.05, 0.1) is 0 Å². The summed E-state index contributed by atoms with van der Waals surface area (Å²) in [5.74, 6) is 1.27. The Kier molecular flexibility index (Phi) is 4.03. The molecule has 1 rings (SSSR count). The fourth-order valence-electron chi connectivity index (χ4n) is 1.29. The van der Waals surface area contributed by atoms with Gasteiger partial charge in [0.25, 0.3) is 0 Å². The highest BCUT2D eigenvalue weighted by Crippen LogP contribution is 2.05. The van der Waals surface area contributed by atoms with Crippen LogP contribution in [0.3, 0.4) is 0 Å². The predicted octanol–water partition coefficient (Wildman–Crippen LogP) is 0.771. The maximum absolute atomic E-state index is 10.5. The molecule has 0 aromatic carbocycles. The number of amides is 1. The first-order valence-corrected chi connectivity index (χ1v) is 4.92. The van der Waals surface area contributed by atoms with Crippen molar-refractivity contribution in [3.63, 3.8) is 0 Å². The van der Waals surface area contributed by atoms with Gasteiger partial charge in [-0.1, -0.05) is 0 Å². The van der Waals surface area contributed by atoms with E-state index >= 15 is 0 Å². The summed E-state index contributed by atoms with van der Waals surface area (Å²) in [5.41, 5.74) is 5.96. The quantitative estimate of drug-likeness (QED) is 0.700. The molecule has 15 heavy (non-hydrogen) atoms. The number of aryl methyl sites for hydroxylation is 2. The lowest BCUT2D eigenvalue weighted by Gasteiger charge is -2.05. The highest BCUT2D eigenvalue weighted by Gasteiger charge is 1.98. The lowest BCUT2D eigenvalue weighted by atomic mass is 10.3. The van der Waals surface area contributed by atoms with Crippen molar-refractivity contribution in [2.45, 2.75) is 26.7 Å². The Labute approximate surface area is 89.1 Å². The van der Waals surface area contributed by atoms with Crippen molar-refractivity contribution >= 4 is 11.7 Å². The molecular formula is C10H16N4O. The molecule has 1 aromatic heterocycles. The molecule has 0 spiro atoms. The predicted molar refractivity (Wildman–Crippen MR) is 58.4 cm³/mol. The second-order valence-corrected chi connectivity index (χ2v) is 3.44. The van der Waals surface area contributed by atoms with E-state index in [1.807, 2.05) is 19.9 Å². The van der Waals surface area contributed by atoms with E-state index in [0.29, 0.717) is 13.0 Å². The van der Waals surface area contributed by atoms with Gasteiger partial charge in [-0.3, -0.25) is 4.79 Å². The molecule has 5 heteroatoms. The zero-order chi connectivity index (χ0) is 11.3. The minimum absolute atomic E-state index is 0.271. The first kappa shape index (κ1) is 11.4. The number of carbonyl (C=O) groups excluding carboxylic acids is 1. The monoisotopic (exact) mass is 208 g/mol. The Morgan fingerprint density at radius 3 is 2.80 bits per heavy atom. The molecule has 0 saturated carbocycles. The molecular weight excluding hydrogens is 192 g/mol. The second kappa shape index (κ2) is 5.29. The van der Waals surface area contributed by atoms with Gasteiger partial charge in [-0.2, -0.15) is 0 Å². The molecule has 0 bridgehead atoms. The highest BCUT2D eigenvalue weighted by molar-refractivity contribution is 5.73. The third kappa shape index (κ3) is 4.39. The molecule has 0 aliphatic heterocycles. The summed E-state index contributed by atoms with van der Waals surface area (Å²) in [6, 6.07) is 1.87. The van der Waals surface area contributed by atoms with Gasteiger partial charge in [-0.15, -0.1) is 0 Å². The van der Waals surface area contributed by atoms with Crippen LogP contribution in [-0.4, -0.2) is 22.4 Å². The third-order valence-corrected chi connectivity index (χ3v) is 1.87. The molecule has 5 nitrogen and oxygen atoms in total. The molecule has 0 unspecified atom stereocenters. The van der Waals surface area contributed by atoms with Crippen LogP contribution in [0.4, 0.5) is 5.82 Å². The summed E-state index contributed by atoms with van der Waals surface area (Å²) < 4.78 is 0. The van der Waals surface area contributed by atoms with Crippen LogP contribution in [-0.2, 0) is 4.79 Å². The maximum Gasteiger partial charge on any atom is 0.217 e. The van der Waals surface area contributed by atoms with Crippen LogP contribution >= 0.6 is 0 Å². The first-order chi connectivity index (χ1) is 7.08.